The summed E-state index contributed by atoms with van der Waals surface area (Å²) in [4.78, 5) is 24.9. The third-order valence-electron chi connectivity index (χ3n) is 6.41. The van der Waals surface area contributed by atoms with Crippen LogP contribution in [0.3, 0.4) is 0 Å². The fourth-order valence-corrected chi connectivity index (χ4v) is 5.64. The molecule has 1 aromatic heterocycles. The van der Waals surface area contributed by atoms with Crippen LogP contribution < -0.4 is 10.0 Å². The monoisotopic (exact) mass is 534 g/mol. The first kappa shape index (κ1) is 27.1. The lowest BCUT2D eigenvalue weighted by Crippen LogP contribution is -2.44. The minimum atomic E-state index is -3.93. The molecule has 2 N–H and O–H groups in total. The summed E-state index contributed by atoms with van der Waals surface area (Å²) in [7, 11) is -2.71. The van der Waals surface area contributed by atoms with Crippen molar-refractivity contribution in [2.24, 2.45) is 5.92 Å². The van der Waals surface area contributed by atoms with Gasteiger partial charge in [-0.3, -0.25) is 9.59 Å². The zero-order chi connectivity index (χ0) is 27.6. The number of anilines is 1. The van der Waals surface area contributed by atoms with Gasteiger partial charge in [0, 0.05) is 16.6 Å². The quantitative estimate of drug-likeness (QED) is 0.291. The van der Waals surface area contributed by atoms with Crippen molar-refractivity contribution in [3.63, 3.8) is 0 Å². The first-order valence-corrected chi connectivity index (χ1v) is 13.6. The van der Waals surface area contributed by atoms with Gasteiger partial charge < -0.3 is 14.5 Å². The highest BCUT2D eigenvalue weighted by Crippen LogP contribution is 2.29. The van der Waals surface area contributed by atoms with Gasteiger partial charge in [-0.1, -0.05) is 50.2 Å². The zero-order valence-electron chi connectivity index (χ0n) is 21.9. The van der Waals surface area contributed by atoms with E-state index in [0.29, 0.717) is 11.3 Å². The van der Waals surface area contributed by atoms with Crippen molar-refractivity contribution in [1.29, 1.82) is 0 Å². The van der Waals surface area contributed by atoms with Gasteiger partial charge in [-0.2, -0.15) is 4.72 Å². The summed E-state index contributed by atoms with van der Waals surface area (Å²) >= 11 is 0. The Hall–Kier alpha value is -3.95. The predicted molar refractivity (Wildman–Crippen MR) is 146 cm³/mol. The number of furan rings is 1. The lowest BCUT2D eigenvalue weighted by Gasteiger charge is -2.19. The fourth-order valence-electron chi connectivity index (χ4n) is 4.30. The second-order valence-electron chi connectivity index (χ2n) is 9.43. The van der Waals surface area contributed by atoms with E-state index in [0.717, 1.165) is 27.6 Å². The smallest absolute Gasteiger partial charge is 0.324 e. The molecule has 1 amide bonds. The van der Waals surface area contributed by atoms with Crippen LogP contribution >= 0.6 is 0 Å². The first-order chi connectivity index (χ1) is 18.0. The van der Waals surface area contributed by atoms with Gasteiger partial charge in [-0.05, 0) is 66.8 Å². The van der Waals surface area contributed by atoms with E-state index >= 15 is 0 Å². The van der Waals surface area contributed by atoms with Crippen LogP contribution in [0.4, 0.5) is 5.69 Å². The van der Waals surface area contributed by atoms with Crippen LogP contribution in [0.5, 0.6) is 0 Å². The van der Waals surface area contributed by atoms with Gasteiger partial charge in [-0.25, -0.2) is 8.42 Å². The van der Waals surface area contributed by atoms with Crippen LogP contribution in [0.15, 0.2) is 76.0 Å². The molecule has 198 valence electrons. The van der Waals surface area contributed by atoms with Gasteiger partial charge in [0.25, 0.3) is 5.91 Å². The molecule has 0 unspecified atom stereocenters. The fraction of sp³-hybridized carbons (Fsp3) is 0.241. The number of methoxy groups -OCH3 is 1. The molecule has 9 heteroatoms. The highest BCUT2D eigenvalue weighted by atomic mass is 32.2. The molecule has 1 atom stereocenters. The van der Waals surface area contributed by atoms with E-state index in [1.807, 2.05) is 44.2 Å². The number of hydrogen-bond acceptors (Lipinski definition) is 6. The zero-order valence-corrected chi connectivity index (χ0v) is 22.7. The van der Waals surface area contributed by atoms with Gasteiger partial charge in [0.1, 0.15) is 11.6 Å². The Bertz CT molecular complexity index is 1590. The number of carbonyl (C=O) groups excluding carboxylic acids is 2. The third-order valence-corrected chi connectivity index (χ3v) is 7.87. The SMILES string of the molecule is COC(=O)[C@@H](NS(=O)(=O)c1ccc(-c2ccc(NC(=O)c3oc4cccc(C)c4c3C)cc2)cc1)C(C)C. The Balaban J connectivity index is 1.48. The summed E-state index contributed by atoms with van der Waals surface area (Å²) < 4.78 is 38.6. The highest BCUT2D eigenvalue weighted by molar-refractivity contribution is 7.89. The standard InChI is InChI=1S/C29H30N2O6S/c1-17(2)26(29(33)36-5)31-38(34,35)23-15-11-21(12-16-23)20-9-13-22(14-10-20)30-28(32)27-19(4)25-18(3)7-6-8-24(25)37-27/h6-17,26,31H,1-5H3,(H,30,32)/t26-/m0/s1. The number of sulfonamides is 1. The van der Waals surface area contributed by atoms with E-state index in [9.17, 15) is 18.0 Å². The molecule has 3 aromatic carbocycles. The Morgan fingerprint density at radius 3 is 2.05 bits per heavy atom. The lowest BCUT2D eigenvalue weighted by atomic mass is 10.1. The highest BCUT2D eigenvalue weighted by Gasteiger charge is 2.29. The van der Waals surface area contributed by atoms with Crippen LogP contribution in [-0.2, 0) is 19.6 Å². The normalized spacial score (nSPS) is 12.5. The average Bonchev–Trinajstić information content (AvgIpc) is 3.25. The van der Waals surface area contributed by atoms with Crippen molar-refractivity contribution in [3.8, 4) is 11.1 Å². The number of carbonyl (C=O) groups is 2. The summed E-state index contributed by atoms with van der Waals surface area (Å²) in [6.45, 7) is 7.32. The molecule has 1 heterocycles. The van der Waals surface area contributed by atoms with Crippen molar-refractivity contribution in [1.82, 2.24) is 4.72 Å². The summed E-state index contributed by atoms with van der Waals surface area (Å²) in [5.41, 5.74) is 4.74. The Kier molecular flexibility index (Phi) is 7.71. The summed E-state index contributed by atoms with van der Waals surface area (Å²) in [6.07, 6.45) is 0. The molecule has 0 aliphatic rings. The van der Waals surface area contributed by atoms with Crippen molar-refractivity contribution in [2.75, 3.05) is 12.4 Å². The lowest BCUT2D eigenvalue weighted by molar-refractivity contribution is -0.143. The molecule has 0 aliphatic heterocycles. The van der Waals surface area contributed by atoms with Crippen molar-refractivity contribution in [2.45, 2.75) is 38.6 Å². The number of nitrogens with one attached hydrogen (secondary N) is 2. The maximum atomic E-state index is 12.9. The van der Waals surface area contributed by atoms with E-state index in [1.54, 1.807) is 38.1 Å². The topological polar surface area (TPSA) is 115 Å². The van der Waals surface area contributed by atoms with E-state index in [-0.39, 0.29) is 22.5 Å². The molecular weight excluding hydrogens is 504 g/mol. The summed E-state index contributed by atoms with van der Waals surface area (Å²) in [6, 6.07) is 18.3. The van der Waals surface area contributed by atoms with E-state index in [2.05, 4.69) is 10.0 Å². The Labute approximate surface area is 222 Å². The maximum Gasteiger partial charge on any atom is 0.324 e. The molecule has 0 saturated carbocycles. The first-order valence-electron chi connectivity index (χ1n) is 12.1. The molecule has 0 bridgehead atoms. The summed E-state index contributed by atoms with van der Waals surface area (Å²) in [5, 5.41) is 3.81. The minimum absolute atomic E-state index is 0.0381. The van der Waals surface area contributed by atoms with Crippen molar-refractivity contribution in [3.05, 3.63) is 83.6 Å². The van der Waals surface area contributed by atoms with Gasteiger partial charge in [-0.15, -0.1) is 0 Å². The number of ether oxygens (including phenoxy) is 1. The van der Waals surface area contributed by atoms with E-state index < -0.39 is 22.0 Å². The van der Waals surface area contributed by atoms with Crippen LogP contribution in [0.2, 0.25) is 0 Å². The molecule has 38 heavy (non-hydrogen) atoms. The second kappa shape index (κ2) is 10.8. The Morgan fingerprint density at radius 1 is 0.895 bits per heavy atom. The molecule has 4 aromatic rings. The van der Waals surface area contributed by atoms with E-state index in [4.69, 9.17) is 9.15 Å². The number of aryl methyl sites for hydroxylation is 2. The average molecular weight is 535 g/mol. The molecule has 0 radical (unpaired) electrons. The van der Waals surface area contributed by atoms with Crippen LogP contribution in [0.25, 0.3) is 22.1 Å². The molecule has 0 saturated heterocycles. The number of rotatable bonds is 8. The summed E-state index contributed by atoms with van der Waals surface area (Å²) in [5.74, 6) is -0.983. The van der Waals surface area contributed by atoms with Crippen LogP contribution in [0, 0.1) is 19.8 Å². The number of benzene rings is 3. The van der Waals surface area contributed by atoms with E-state index in [1.165, 1.54) is 19.2 Å². The number of amides is 1. The molecule has 0 aliphatic carbocycles. The van der Waals surface area contributed by atoms with Crippen LogP contribution in [0.1, 0.15) is 35.5 Å². The largest absolute Gasteiger partial charge is 0.468 e. The number of esters is 1. The molecular formula is C29H30N2O6S. The Morgan fingerprint density at radius 2 is 1.50 bits per heavy atom. The number of hydrogen-bond donors (Lipinski definition) is 2. The third kappa shape index (κ3) is 5.49. The molecule has 0 fully saturated rings. The van der Waals surface area contributed by atoms with Gasteiger partial charge in [0.2, 0.25) is 10.0 Å². The predicted octanol–water partition coefficient (Wildman–Crippen LogP) is 5.44. The second-order valence-corrected chi connectivity index (χ2v) is 11.1. The van der Waals surface area contributed by atoms with Gasteiger partial charge in [0.15, 0.2) is 5.76 Å². The maximum absolute atomic E-state index is 12.9. The number of fused-ring (bicyclic) bond motifs is 1. The van der Waals surface area contributed by atoms with Crippen molar-refractivity contribution >= 4 is 38.6 Å². The van der Waals surface area contributed by atoms with Gasteiger partial charge >= 0.3 is 5.97 Å². The van der Waals surface area contributed by atoms with Crippen molar-refractivity contribution < 1.29 is 27.2 Å². The molecule has 4 rings (SSSR count). The molecule has 0 spiro atoms. The minimum Gasteiger partial charge on any atom is -0.468 e. The van der Waals surface area contributed by atoms with Gasteiger partial charge in [0.05, 0.1) is 12.0 Å². The molecule has 8 nitrogen and oxygen atoms in total. The van der Waals surface area contributed by atoms with Crippen LogP contribution in [-0.4, -0.2) is 33.4 Å².